The number of pyridine rings is 1. The summed E-state index contributed by atoms with van der Waals surface area (Å²) in [5.41, 5.74) is 0.939. The van der Waals surface area contributed by atoms with Gasteiger partial charge in [0.2, 0.25) is 0 Å². The van der Waals surface area contributed by atoms with Crippen molar-refractivity contribution in [3.63, 3.8) is 0 Å². The van der Waals surface area contributed by atoms with Crippen LogP contribution in [0, 0.1) is 12.7 Å². The predicted octanol–water partition coefficient (Wildman–Crippen LogP) is 3.47. The van der Waals surface area contributed by atoms with Crippen molar-refractivity contribution in [1.29, 1.82) is 0 Å². The van der Waals surface area contributed by atoms with Gasteiger partial charge in [-0.15, -0.1) is 0 Å². The largest absolute Gasteiger partial charge is 0.491 e. The fourth-order valence-corrected chi connectivity index (χ4v) is 2.26. The van der Waals surface area contributed by atoms with Crippen molar-refractivity contribution in [1.82, 2.24) is 4.98 Å². The van der Waals surface area contributed by atoms with Crippen molar-refractivity contribution >= 4 is 25.8 Å². The highest BCUT2D eigenvalue weighted by atomic mass is 32.1. The van der Waals surface area contributed by atoms with E-state index in [1.54, 1.807) is 12.1 Å². The lowest BCUT2D eigenvalue weighted by Gasteiger charge is -2.32. The Balaban J connectivity index is 2.33. The molecule has 0 aliphatic carbocycles. The highest BCUT2D eigenvalue weighted by Crippen LogP contribution is 2.39. The van der Waals surface area contributed by atoms with Crippen LogP contribution in [0.4, 0.5) is 4.39 Å². The first-order chi connectivity index (χ1) is 9.66. The Hall–Kier alpha value is -0.845. The van der Waals surface area contributed by atoms with Gasteiger partial charge in [0.15, 0.2) is 0 Å². The Morgan fingerprint density at radius 3 is 2.38 bits per heavy atom. The van der Waals surface area contributed by atoms with Gasteiger partial charge in [-0.1, -0.05) is 0 Å². The zero-order valence-corrected chi connectivity index (χ0v) is 14.0. The lowest BCUT2D eigenvalue weighted by molar-refractivity contribution is 0.00578. The quantitative estimate of drug-likeness (QED) is 0.685. The molecule has 1 aliphatic heterocycles. The van der Waals surface area contributed by atoms with Crippen molar-refractivity contribution in [3.8, 4) is 0 Å². The van der Waals surface area contributed by atoms with Crippen LogP contribution >= 0.6 is 12.6 Å². The summed E-state index contributed by atoms with van der Waals surface area (Å²) in [5, 5.41) is 0. The molecule has 1 saturated heterocycles. The molecule has 0 saturated carbocycles. The van der Waals surface area contributed by atoms with Crippen molar-refractivity contribution in [3.05, 3.63) is 34.8 Å². The summed E-state index contributed by atoms with van der Waals surface area (Å²) in [6.07, 6.45) is 1.66. The summed E-state index contributed by atoms with van der Waals surface area (Å²) in [6, 6.07) is 3.05. The van der Waals surface area contributed by atoms with E-state index in [1.165, 1.54) is 6.07 Å². The Bertz CT molecular complexity index is 559. The van der Waals surface area contributed by atoms with Gasteiger partial charge in [-0.25, -0.2) is 4.39 Å². The zero-order valence-electron chi connectivity index (χ0n) is 13.1. The number of aryl methyl sites for hydroxylation is 1. The lowest BCUT2D eigenvalue weighted by Crippen LogP contribution is -2.41. The fourth-order valence-electron chi connectivity index (χ4n) is 2.02. The normalized spacial score (nSPS) is 20.9. The Morgan fingerprint density at radius 1 is 1.29 bits per heavy atom. The molecule has 114 valence electrons. The van der Waals surface area contributed by atoms with E-state index < -0.39 is 18.3 Å². The minimum atomic E-state index is -0.533. The third-order valence-electron chi connectivity index (χ3n) is 4.07. The summed E-state index contributed by atoms with van der Waals surface area (Å²) < 4.78 is 25.8. The molecule has 0 aromatic carbocycles. The third-order valence-corrected chi connectivity index (χ3v) is 4.44. The van der Waals surface area contributed by atoms with Gasteiger partial charge in [-0.05, 0) is 58.3 Å². The van der Waals surface area contributed by atoms with E-state index in [-0.39, 0.29) is 11.5 Å². The van der Waals surface area contributed by atoms with Gasteiger partial charge in [0.1, 0.15) is 5.82 Å². The van der Waals surface area contributed by atoms with Gasteiger partial charge in [0, 0.05) is 11.4 Å². The highest BCUT2D eigenvalue weighted by Gasteiger charge is 2.52. The van der Waals surface area contributed by atoms with Gasteiger partial charge >= 0.3 is 7.12 Å². The minimum Gasteiger partial charge on any atom is -0.400 e. The number of halogens is 1. The second kappa shape index (κ2) is 5.74. The van der Waals surface area contributed by atoms with E-state index >= 15 is 0 Å². The summed E-state index contributed by atoms with van der Waals surface area (Å²) in [5.74, 6) is 0.0442. The molecule has 1 aromatic heterocycles. The Morgan fingerprint density at radius 2 is 1.86 bits per heavy atom. The summed E-state index contributed by atoms with van der Waals surface area (Å²) >= 11 is 4.32. The molecule has 6 heteroatoms. The molecule has 0 amide bonds. The molecule has 3 nitrogen and oxygen atoms in total. The number of aromatic nitrogens is 1. The van der Waals surface area contributed by atoms with Gasteiger partial charge in [0.25, 0.3) is 0 Å². The van der Waals surface area contributed by atoms with Gasteiger partial charge in [0.05, 0.1) is 16.9 Å². The Kier molecular flexibility index (Phi) is 4.52. The number of thiol groups is 1. The number of hydrogen-bond donors (Lipinski definition) is 1. The van der Waals surface area contributed by atoms with Crippen molar-refractivity contribution in [2.24, 2.45) is 0 Å². The molecule has 0 unspecified atom stereocenters. The number of hydrogen-bond acceptors (Lipinski definition) is 4. The van der Waals surface area contributed by atoms with Crippen LogP contribution in [0.25, 0.3) is 6.08 Å². The Labute approximate surface area is 131 Å². The van der Waals surface area contributed by atoms with Crippen LogP contribution in [-0.4, -0.2) is 29.1 Å². The van der Waals surface area contributed by atoms with Gasteiger partial charge in [-0.2, -0.15) is 12.6 Å². The summed E-state index contributed by atoms with van der Waals surface area (Å²) in [4.78, 5) is 4.21. The monoisotopic (exact) mass is 309 g/mol. The molecule has 0 N–H and O–H groups in total. The van der Waals surface area contributed by atoms with E-state index in [4.69, 9.17) is 9.31 Å². The number of rotatable bonds is 3. The molecule has 1 aromatic rings. The highest BCUT2D eigenvalue weighted by molar-refractivity contribution is 7.80. The topological polar surface area (TPSA) is 31.4 Å². The molecular weight excluding hydrogens is 288 g/mol. The van der Waals surface area contributed by atoms with Crippen molar-refractivity contribution in [2.45, 2.75) is 45.8 Å². The minimum absolute atomic E-state index is 0.286. The molecule has 0 bridgehead atoms. The van der Waals surface area contributed by atoms with Crippen LogP contribution in [-0.2, 0) is 9.31 Å². The first-order valence-electron chi connectivity index (χ1n) is 6.96. The van der Waals surface area contributed by atoms with Crippen LogP contribution in [0.2, 0.25) is 0 Å². The lowest BCUT2D eigenvalue weighted by atomic mass is 9.78. The first kappa shape index (κ1) is 16.5. The molecule has 0 atom stereocenters. The molecular formula is C15H21BFNO2S. The van der Waals surface area contributed by atoms with Gasteiger partial charge < -0.3 is 9.31 Å². The maximum atomic E-state index is 13.8. The second-order valence-electron chi connectivity index (χ2n) is 6.29. The van der Waals surface area contributed by atoms with Crippen LogP contribution in [0.5, 0.6) is 0 Å². The van der Waals surface area contributed by atoms with E-state index in [0.717, 1.165) is 11.2 Å². The van der Waals surface area contributed by atoms with E-state index in [9.17, 15) is 4.39 Å². The first-order valence-corrected chi connectivity index (χ1v) is 7.59. The molecule has 2 rings (SSSR count). The van der Waals surface area contributed by atoms with Crippen molar-refractivity contribution < 1.29 is 13.7 Å². The summed E-state index contributed by atoms with van der Waals surface area (Å²) in [7, 11) is -0.533. The average molecular weight is 309 g/mol. The van der Waals surface area contributed by atoms with E-state index in [2.05, 4.69) is 17.6 Å². The van der Waals surface area contributed by atoms with Gasteiger partial charge in [-0.3, -0.25) is 4.98 Å². The molecule has 1 fully saturated rings. The van der Waals surface area contributed by atoms with Crippen molar-refractivity contribution in [2.75, 3.05) is 5.75 Å². The van der Waals surface area contributed by atoms with E-state index in [0.29, 0.717) is 5.75 Å². The number of nitrogens with zero attached hydrogens (tertiary/aromatic N) is 1. The molecule has 0 spiro atoms. The maximum absolute atomic E-state index is 13.8. The maximum Gasteiger partial charge on any atom is 0.491 e. The standard InChI is InChI=1S/C15H21BFNO2S/c1-10-6-7-12(17)13(18-10)8-11(9-21)16-19-14(2,3)15(4,5)20-16/h6-8,21H,9H2,1-5H3. The summed E-state index contributed by atoms with van der Waals surface area (Å²) in [6.45, 7) is 9.75. The average Bonchev–Trinajstić information content (AvgIpc) is 2.59. The molecule has 1 aliphatic rings. The van der Waals surface area contributed by atoms with Crippen LogP contribution in [0.3, 0.4) is 0 Å². The predicted molar refractivity (Wildman–Crippen MR) is 86.8 cm³/mol. The fraction of sp³-hybridized carbons (Fsp3) is 0.533. The molecule has 2 heterocycles. The zero-order chi connectivity index (χ0) is 15.8. The third kappa shape index (κ3) is 3.33. The smallest absolute Gasteiger partial charge is 0.400 e. The van der Waals surface area contributed by atoms with E-state index in [1.807, 2.05) is 34.6 Å². The van der Waals surface area contributed by atoms with Crippen LogP contribution < -0.4 is 0 Å². The van der Waals surface area contributed by atoms with Crippen LogP contribution in [0.1, 0.15) is 39.1 Å². The second-order valence-corrected chi connectivity index (χ2v) is 6.60. The SMILES string of the molecule is Cc1ccc(F)c(C=C(CS)B2OC(C)(C)C(C)(C)O2)n1. The molecule has 21 heavy (non-hydrogen) atoms. The molecule has 0 radical (unpaired) electrons. The van der Waals surface area contributed by atoms with Crippen LogP contribution in [0.15, 0.2) is 17.6 Å².